The highest BCUT2D eigenvalue weighted by atomic mass is 16.6. The van der Waals surface area contributed by atoms with Crippen molar-refractivity contribution in [2.45, 2.75) is 30.6 Å². The van der Waals surface area contributed by atoms with Gasteiger partial charge in [-0.2, -0.15) is 0 Å². The third kappa shape index (κ3) is 4.88. The van der Waals surface area contributed by atoms with Crippen molar-refractivity contribution in [2.75, 3.05) is 39.7 Å². The van der Waals surface area contributed by atoms with E-state index in [0.717, 1.165) is 0 Å². The Morgan fingerprint density at radius 2 is 1.67 bits per heavy atom. The Balaban J connectivity index is 1.58. The number of fused-ring (bicyclic) bond motifs is 3. The molecule has 0 aliphatic heterocycles. The zero-order valence-corrected chi connectivity index (χ0v) is 25.6. The monoisotopic (exact) mass is 637 g/mol. The van der Waals surface area contributed by atoms with Gasteiger partial charge < -0.3 is 30.5 Å². The van der Waals surface area contributed by atoms with Gasteiger partial charge in [0.25, 0.3) is 0 Å². The van der Waals surface area contributed by atoms with Crippen LogP contribution in [0.3, 0.4) is 0 Å². The maximum absolute atomic E-state index is 14.1. The van der Waals surface area contributed by atoms with E-state index in [2.05, 4.69) is 5.32 Å². The van der Waals surface area contributed by atoms with Crippen LogP contribution in [0.1, 0.15) is 28.8 Å². The van der Waals surface area contributed by atoms with Gasteiger partial charge in [0.2, 0.25) is 5.91 Å². The Morgan fingerprint density at radius 3 is 2.26 bits per heavy atom. The van der Waals surface area contributed by atoms with Crippen LogP contribution in [0.5, 0.6) is 5.75 Å². The highest BCUT2D eigenvalue weighted by molar-refractivity contribution is 6.32. The molecule has 6 N–H and O–H groups in total. The van der Waals surface area contributed by atoms with Crippen LogP contribution in [0.4, 0.5) is 10.5 Å². The fourth-order valence-electron chi connectivity index (χ4n) is 7.43. The van der Waals surface area contributed by atoms with Crippen molar-refractivity contribution >= 4 is 40.8 Å². The lowest BCUT2D eigenvalue weighted by Gasteiger charge is -2.56. The highest BCUT2D eigenvalue weighted by Crippen LogP contribution is 2.55. The SMILES string of the molecule is COCCOC(=O)Nc1ccc(-c2ccc(O)c3c2C(C)C2C(C3=O)C(=O)C3(O)C(=O)C(C(N)=O)C(=O)C(N(C)C)C3C2O)cc1. The minimum atomic E-state index is -3.07. The number of aliphatic hydroxyl groups excluding tert-OH is 1. The van der Waals surface area contributed by atoms with Crippen LogP contribution in [0.25, 0.3) is 11.1 Å². The Kier molecular flexibility index (Phi) is 8.59. The smallest absolute Gasteiger partial charge is 0.411 e. The number of nitrogens with two attached hydrogens (primary N) is 1. The number of Topliss-reactive ketones (excluding diaryl/α,β-unsaturated/α-hetero) is 4. The first-order valence-electron chi connectivity index (χ1n) is 14.6. The number of aromatic hydroxyl groups is 1. The van der Waals surface area contributed by atoms with Gasteiger partial charge in [-0.15, -0.1) is 0 Å². The number of nitrogens with zero attached hydrogens (tertiary/aromatic N) is 1. The van der Waals surface area contributed by atoms with Crippen LogP contribution in [0.2, 0.25) is 0 Å². The van der Waals surface area contributed by atoms with Crippen LogP contribution in [-0.4, -0.2) is 108 Å². The Bertz CT molecular complexity index is 1640. The Morgan fingerprint density at radius 1 is 1.02 bits per heavy atom. The van der Waals surface area contributed by atoms with E-state index in [0.29, 0.717) is 22.4 Å². The number of phenols is 1. The molecule has 14 heteroatoms. The van der Waals surface area contributed by atoms with Gasteiger partial charge in [-0.25, -0.2) is 4.79 Å². The summed E-state index contributed by atoms with van der Waals surface area (Å²) in [6.45, 7) is 1.93. The number of anilines is 1. The summed E-state index contributed by atoms with van der Waals surface area (Å²) in [5, 5.41) is 37.1. The molecule has 0 bridgehead atoms. The summed E-state index contributed by atoms with van der Waals surface area (Å²) >= 11 is 0. The zero-order chi connectivity index (χ0) is 33.8. The molecule has 2 aromatic carbocycles. The minimum Gasteiger partial charge on any atom is -0.507 e. The number of hydrogen-bond donors (Lipinski definition) is 5. The van der Waals surface area contributed by atoms with E-state index < -0.39 is 88.2 Å². The molecule has 8 atom stereocenters. The van der Waals surface area contributed by atoms with Crippen LogP contribution >= 0.6 is 0 Å². The first kappa shape index (κ1) is 32.9. The lowest BCUT2D eigenvalue weighted by Crippen LogP contribution is -2.77. The van der Waals surface area contributed by atoms with Crippen molar-refractivity contribution in [3.63, 3.8) is 0 Å². The molecule has 2 aromatic rings. The van der Waals surface area contributed by atoms with Crippen molar-refractivity contribution in [1.29, 1.82) is 0 Å². The summed E-state index contributed by atoms with van der Waals surface area (Å²) in [5.41, 5.74) is 3.83. The summed E-state index contributed by atoms with van der Waals surface area (Å²) in [6, 6.07) is 7.89. The number of ketones is 4. The van der Waals surface area contributed by atoms with Gasteiger partial charge in [0.1, 0.15) is 12.4 Å². The molecule has 244 valence electrons. The molecular weight excluding hydrogens is 602 g/mol. The molecule has 0 aromatic heterocycles. The minimum absolute atomic E-state index is 0.0596. The number of aliphatic hydroxyl groups is 2. The van der Waals surface area contributed by atoms with Gasteiger partial charge in [-0.05, 0) is 54.9 Å². The largest absolute Gasteiger partial charge is 0.507 e. The van der Waals surface area contributed by atoms with E-state index in [4.69, 9.17) is 15.2 Å². The molecule has 0 spiro atoms. The van der Waals surface area contributed by atoms with Gasteiger partial charge in [0, 0.05) is 18.7 Å². The number of methoxy groups -OCH3 is 1. The third-order valence-corrected chi connectivity index (χ3v) is 9.43. The molecule has 0 radical (unpaired) electrons. The van der Waals surface area contributed by atoms with Gasteiger partial charge in [0.05, 0.1) is 36.2 Å². The van der Waals surface area contributed by atoms with E-state index in [1.54, 1.807) is 37.3 Å². The van der Waals surface area contributed by atoms with Crippen molar-refractivity contribution in [1.82, 2.24) is 4.90 Å². The topological polar surface area (TPSA) is 223 Å². The molecule has 0 saturated heterocycles. The molecule has 14 nitrogen and oxygen atoms in total. The second kappa shape index (κ2) is 12.0. The average molecular weight is 638 g/mol. The van der Waals surface area contributed by atoms with E-state index in [-0.39, 0.29) is 18.8 Å². The normalized spacial score (nSPS) is 30.4. The molecule has 46 heavy (non-hydrogen) atoms. The molecule has 2 fully saturated rings. The van der Waals surface area contributed by atoms with E-state index in [1.165, 1.54) is 32.2 Å². The predicted molar refractivity (Wildman–Crippen MR) is 160 cm³/mol. The third-order valence-electron chi connectivity index (χ3n) is 9.43. The Labute approximate surface area is 263 Å². The zero-order valence-electron chi connectivity index (χ0n) is 25.6. The number of nitrogens with one attached hydrogen (secondary N) is 1. The van der Waals surface area contributed by atoms with Crippen molar-refractivity contribution in [3.05, 3.63) is 47.5 Å². The molecule has 5 rings (SSSR count). The number of benzene rings is 2. The summed E-state index contributed by atoms with van der Waals surface area (Å²) in [6.07, 6.45) is -2.44. The second-order valence-electron chi connectivity index (χ2n) is 12.1. The van der Waals surface area contributed by atoms with E-state index >= 15 is 0 Å². The number of likely N-dealkylation sites (N-methyl/N-ethyl adjacent to an activating group) is 1. The molecule has 3 aliphatic carbocycles. The lowest BCUT2D eigenvalue weighted by molar-refractivity contribution is -0.196. The van der Waals surface area contributed by atoms with Crippen LogP contribution in [0, 0.1) is 23.7 Å². The summed E-state index contributed by atoms with van der Waals surface area (Å²) in [7, 11) is 4.33. The number of ether oxygens (including phenoxy) is 2. The standard InChI is InChI=1S/C32H35N3O11/c1-13-18-16(14-5-7-15(8-6-14)34-31(43)46-12-11-45-4)9-10-17(36)20(18)25(37)21-19(13)26(38)23-24(35(2)3)27(39)22(30(33)42)29(41)32(23,44)28(21)40/h5-10,13,19,21-24,26,36,38,44H,11-12H2,1-4H3,(H2,33,42)(H,34,43). The summed E-state index contributed by atoms with van der Waals surface area (Å²) in [4.78, 5) is 80.7. The number of carbonyl (C=O) groups is 6. The van der Waals surface area contributed by atoms with Gasteiger partial charge >= 0.3 is 6.09 Å². The fraction of sp³-hybridized carbons (Fsp3) is 0.438. The number of phenolic OH excluding ortho intramolecular Hbond substituents is 1. The van der Waals surface area contributed by atoms with Crippen LogP contribution in [0.15, 0.2) is 36.4 Å². The van der Waals surface area contributed by atoms with Gasteiger partial charge in [0.15, 0.2) is 34.7 Å². The number of amides is 2. The molecule has 3 aliphatic rings. The van der Waals surface area contributed by atoms with Crippen LogP contribution < -0.4 is 11.1 Å². The molecular formula is C32H35N3O11. The Hall–Kier alpha value is -4.50. The number of carbonyl (C=O) groups excluding carboxylic acids is 6. The van der Waals surface area contributed by atoms with Crippen molar-refractivity contribution in [2.24, 2.45) is 29.4 Å². The predicted octanol–water partition coefficient (Wildman–Crippen LogP) is 0.261. The summed E-state index contributed by atoms with van der Waals surface area (Å²) in [5.74, 6) is -14.1. The van der Waals surface area contributed by atoms with Crippen molar-refractivity contribution in [3.8, 4) is 16.9 Å². The first-order valence-corrected chi connectivity index (χ1v) is 14.6. The van der Waals surface area contributed by atoms with Crippen LogP contribution in [-0.2, 0) is 28.7 Å². The maximum Gasteiger partial charge on any atom is 0.411 e. The average Bonchev–Trinajstić information content (AvgIpc) is 2.99. The highest BCUT2D eigenvalue weighted by Gasteiger charge is 2.73. The first-order chi connectivity index (χ1) is 21.7. The molecule has 0 heterocycles. The second-order valence-corrected chi connectivity index (χ2v) is 12.1. The lowest BCUT2D eigenvalue weighted by atomic mass is 9.49. The maximum atomic E-state index is 14.1. The van der Waals surface area contributed by atoms with Gasteiger partial charge in [-0.1, -0.05) is 25.1 Å². The quantitative estimate of drug-likeness (QED) is 0.204. The number of primary amides is 1. The van der Waals surface area contributed by atoms with E-state index in [9.17, 15) is 44.1 Å². The van der Waals surface area contributed by atoms with Crippen molar-refractivity contribution < 1.29 is 53.6 Å². The van der Waals surface area contributed by atoms with Gasteiger partial charge in [-0.3, -0.25) is 34.2 Å². The van der Waals surface area contributed by atoms with E-state index in [1.807, 2.05) is 0 Å². The number of hydrogen-bond acceptors (Lipinski definition) is 12. The summed E-state index contributed by atoms with van der Waals surface area (Å²) < 4.78 is 9.85. The number of rotatable bonds is 7. The molecule has 2 amide bonds. The molecule has 8 unspecified atom stereocenters. The molecule has 2 saturated carbocycles. The fourth-order valence-corrected chi connectivity index (χ4v) is 7.43.